The summed E-state index contributed by atoms with van der Waals surface area (Å²) < 4.78 is 0. The van der Waals surface area contributed by atoms with Crippen LogP contribution in [0.25, 0.3) is 0 Å². The first-order valence-electron chi connectivity index (χ1n) is 8.42. The second-order valence-corrected chi connectivity index (χ2v) is 7.12. The number of nitrogens with zero attached hydrogens (tertiary/aromatic N) is 2. The summed E-state index contributed by atoms with van der Waals surface area (Å²) >= 11 is 5.86. The van der Waals surface area contributed by atoms with Gasteiger partial charge in [0.25, 0.3) is 5.91 Å². The summed E-state index contributed by atoms with van der Waals surface area (Å²) in [5.41, 5.74) is 0.508. The van der Waals surface area contributed by atoms with Crippen molar-refractivity contribution >= 4 is 23.4 Å². The molecule has 1 aliphatic heterocycles. The molecule has 1 heterocycles. The maximum absolute atomic E-state index is 12.9. The van der Waals surface area contributed by atoms with Gasteiger partial charge >= 0.3 is 0 Å². The molecule has 1 atom stereocenters. The first-order chi connectivity index (χ1) is 11.4. The van der Waals surface area contributed by atoms with E-state index in [4.69, 9.17) is 11.6 Å². The SMILES string of the molecule is CC(C)[C@H](NC(=O)c1ccc(Cl)cc1)C(=O)N1CCCN(C)CC1. The van der Waals surface area contributed by atoms with E-state index in [1.54, 1.807) is 24.3 Å². The highest BCUT2D eigenvalue weighted by Gasteiger charge is 2.29. The molecule has 0 bridgehead atoms. The van der Waals surface area contributed by atoms with E-state index in [1.165, 1.54) is 0 Å². The summed E-state index contributed by atoms with van der Waals surface area (Å²) in [5.74, 6) is -0.219. The Balaban J connectivity index is 2.06. The van der Waals surface area contributed by atoms with Crippen molar-refractivity contribution in [1.29, 1.82) is 0 Å². The van der Waals surface area contributed by atoms with Crippen LogP contribution in [0.5, 0.6) is 0 Å². The van der Waals surface area contributed by atoms with E-state index >= 15 is 0 Å². The van der Waals surface area contributed by atoms with E-state index in [9.17, 15) is 9.59 Å². The van der Waals surface area contributed by atoms with Crippen molar-refractivity contribution in [3.8, 4) is 0 Å². The Kier molecular flexibility index (Phi) is 6.63. The first-order valence-corrected chi connectivity index (χ1v) is 8.80. The highest BCUT2D eigenvalue weighted by atomic mass is 35.5. The van der Waals surface area contributed by atoms with Gasteiger partial charge in [-0.05, 0) is 50.2 Å². The molecule has 1 saturated heterocycles. The Hall–Kier alpha value is -1.59. The van der Waals surface area contributed by atoms with Gasteiger partial charge in [0.05, 0.1) is 0 Å². The fourth-order valence-corrected chi connectivity index (χ4v) is 2.93. The molecule has 0 unspecified atom stereocenters. The number of carbonyl (C=O) groups is 2. The number of hydrogen-bond donors (Lipinski definition) is 1. The lowest BCUT2D eigenvalue weighted by Crippen LogP contribution is -2.52. The second kappa shape index (κ2) is 8.49. The van der Waals surface area contributed by atoms with E-state index in [0.29, 0.717) is 17.1 Å². The number of rotatable bonds is 4. The minimum atomic E-state index is -0.517. The molecule has 132 valence electrons. The van der Waals surface area contributed by atoms with Crippen molar-refractivity contribution < 1.29 is 9.59 Å². The molecule has 1 N–H and O–H groups in total. The minimum absolute atomic E-state index is 0.00242. The van der Waals surface area contributed by atoms with E-state index in [-0.39, 0.29) is 17.7 Å². The third kappa shape index (κ3) is 4.95. The van der Waals surface area contributed by atoms with Gasteiger partial charge in [-0.2, -0.15) is 0 Å². The van der Waals surface area contributed by atoms with Crippen LogP contribution in [0, 0.1) is 5.92 Å². The molecule has 0 aliphatic carbocycles. The topological polar surface area (TPSA) is 52.7 Å². The van der Waals surface area contributed by atoms with Crippen LogP contribution in [-0.4, -0.2) is 60.9 Å². The highest BCUT2D eigenvalue weighted by Crippen LogP contribution is 2.13. The molecular weight excluding hydrogens is 326 g/mol. The quantitative estimate of drug-likeness (QED) is 0.905. The summed E-state index contributed by atoms with van der Waals surface area (Å²) in [6.45, 7) is 7.21. The zero-order valence-electron chi connectivity index (χ0n) is 14.6. The van der Waals surface area contributed by atoms with Gasteiger partial charge in [0, 0.05) is 30.2 Å². The van der Waals surface area contributed by atoms with E-state index in [2.05, 4.69) is 17.3 Å². The maximum Gasteiger partial charge on any atom is 0.251 e. The van der Waals surface area contributed by atoms with Gasteiger partial charge in [-0.1, -0.05) is 25.4 Å². The summed E-state index contributed by atoms with van der Waals surface area (Å²) in [4.78, 5) is 29.4. The normalized spacial score (nSPS) is 17.5. The number of carbonyl (C=O) groups excluding carboxylic acids is 2. The van der Waals surface area contributed by atoms with Crippen LogP contribution in [0.3, 0.4) is 0 Å². The van der Waals surface area contributed by atoms with Crippen molar-refractivity contribution in [1.82, 2.24) is 15.1 Å². The monoisotopic (exact) mass is 351 g/mol. The summed E-state index contributed by atoms with van der Waals surface area (Å²) in [6.07, 6.45) is 0.957. The first kappa shape index (κ1) is 18.7. The number of benzene rings is 1. The smallest absolute Gasteiger partial charge is 0.251 e. The van der Waals surface area contributed by atoms with E-state index in [0.717, 1.165) is 26.1 Å². The molecule has 24 heavy (non-hydrogen) atoms. The van der Waals surface area contributed by atoms with Crippen molar-refractivity contribution in [3.05, 3.63) is 34.9 Å². The fraction of sp³-hybridized carbons (Fsp3) is 0.556. The molecular formula is C18H26ClN3O2. The molecule has 0 saturated carbocycles. The third-order valence-electron chi connectivity index (χ3n) is 4.36. The lowest BCUT2D eigenvalue weighted by atomic mass is 10.0. The Morgan fingerprint density at radius 3 is 2.38 bits per heavy atom. The average Bonchev–Trinajstić information content (AvgIpc) is 2.76. The van der Waals surface area contributed by atoms with Crippen LogP contribution in [0.1, 0.15) is 30.6 Å². The van der Waals surface area contributed by atoms with Crippen molar-refractivity contribution in [2.45, 2.75) is 26.3 Å². The fourth-order valence-electron chi connectivity index (χ4n) is 2.80. The molecule has 2 amide bonds. The van der Waals surface area contributed by atoms with Gasteiger partial charge in [0.2, 0.25) is 5.91 Å². The molecule has 5 nitrogen and oxygen atoms in total. The predicted molar refractivity (Wildman–Crippen MR) is 96.2 cm³/mol. The molecule has 0 spiro atoms. The lowest BCUT2D eigenvalue weighted by Gasteiger charge is -2.29. The number of amides is 2. The largest absolute Gasteiger partial charge is 0.340 e. The minimum Gasteiger partial charge on any atom is -0.340 e. The van der Waals surface area contributed by atoms with Crippen molar-refractivity contribution in [2.75, 3.05) is 33.2 Å². The van der Waals surface area contributed by atoms with Crippen LogP contribution in [0.4, 0.5) is 0 Å². The second-order valence-electron chi connectivity index (χ2n) is 6.68. The average molecular weight is 352 g/mol. The zero-order chi connectivity index (χ0) is 17.7. The van der Waals surface area contributed by atoms with Crippen molar-refractivity contribution in [2.24, 2.45) is 5.92 Å². The predicted octanol–water partition coefficient (Wildman–Crippen LogP) is 2.26. The van der Waals surface area contributed by atoms with Gasteiger partial charge < -0.3 is 15.1 Å². The maximum atomic E-state index is 12.9. The number of nitrogens with one attached hydrogen (secondary N) is 1. The third-order valence-corrected chi connectivity index (χ3v) is 4.61. The summed E-state index contributed by atoms with van der Waals surface area (Å²) in [7, 11) is 2.07. The Morgan fingerprint density at radius 1 is 1.08 bits per heavy atom. The lowest BCUT2D eigenvalue weighted by molar-refractivity contribution is -0.134. The Labute approximate surface area is 149 Å². The van der Waals surface area contributed by atoms with E-state index in [1.807, 2.05) is 18.7 Å². The standard InChI is InChI=1S/C18H26ClN3O2/c1-13(2)16(18(24)22-10-4-9-21(3)11-12-22)20-17(23)14-5-7-15(19)8-6-14/h5-8,13,16H,4,9-12H2,1-3H3,(H,20,23)/t16-/m0/s1. The van der Waals surface area contributed by atoms with Gasteiger partial charge in [0.1, 0.15) is 6.04 Å². The summed E-state index contributed by atoms with van der Waals surface area (Å²) in [6, 6.07) is 6.16. The van der Waals surface area contributed by atoms with Crippen LogP contribution in [0.2, 0.25) is 5.02 Å². The zero-order valence-corrected chi connectivity index (χ0v) is 15.3. The van der Waals surface area contributed by atoms with Crippen LogP contribution in [0.15, 0.2) is 24.3 Å². The van der Waals surface area contributed by atoms with Gasteiger partial charge in [-0.15, -0.1) is 0 Å². The number of halogens is 1. The van der Waals surface area contributed by atoms with Gasteiger partial charge in [0.15, 0.2) is 0 Å². The number of likely N-dealkylation sites (N-methyl/N-ethyl adjacent to an activating group) is 1. The van der Waals surface area contributed by atoms with Crippen molar-refractivity contribution in [3.63, 3.8) is 0 Å². The van der Waals surface area contributed by atoms with Gasteiger partial charge in [-0.25, -0.2) is 0 Å². The van der Waals surface area contributed by atoms with Crippen LogP contribution < -0.4 is 5.32 Å². The molecule has 0 radical (unpaired) electrons. The number of hydrogen-bond acceptors (Lipinski definition) is 3. The molecule has 1 aliphatic rings. The molecule has 1 aromatic carbocycles. The summed E-state index contributed by atoms with van der Waals surface area (Å²) in [5, 5.41) is 3.47. The van der Waals surface area contributed by atoms with Crippen LogP contribution in [-0.2, 0) is 4.79 Å². The molecule has 0 aromatic heterocycles. The van der Waals surface area contributed by atoms with Crippen LogP contribution >= 0.6 is 11.6 Å². The molecule has 6 heteroatoms. The Morgan fingerprint density at radius 2 is 1.75 bits per heavy atom. The Bertz CT molecular complexity index is 574. The molecule has 2 rings (SSSR count). The highest BCUT2D eigenvalue weighted by molar-refractivity contribution is 6.30. The van der Waals surface area contributed by atoms with Gasteiger partial charge in [-0.3, -0.25) is 9.59 Å². The molecule has 1 fully saturated rings. The molecule has 1 aromatic rings. The van der Waals surface area contributed by atoms with E-state index < -0.39 is 6.04 Å².